The van der Waals surface area contributed by atoms with Gasteiger partial charge in [-0.05, 0) is 50.3 Å². The van der Waals surface area contributed by atoms with Crippen molar-refractivity contribution < 1.29 is 22.7 Å². The third kappa shape index (κ3) is 4.57. The molecule has 0 fully saturated rings. The number of ether oxygens (including phenoxy) is 1. The number of halogens is 3. The first-order valence-corrected chi connectivity index (χ1v) is 9.55. The van der Waals surface area contributed by atoms with Crippen LogP contribution in [-0.2, 0) is 4.79 Å². The summed E-state index contributed by atoms with van der Waals surface area (Å²) in [6.45, 7) is 3.86. The van der Waals surface area contributed by atoms with E-state index in [1.165, 1.54) is 29.4 Å². The van der Waals surface area contributed by atoms with Crippen LogP contribution in [0.25, 0.3) is 0 Å². The molecule has 10 heteroatoms. The normalized spacial score (nSPS) is 22.3. The molecule has 4 rings (SSSR count). The molecule has 7 nitrogen and oxygen atoms in total. The van der Waals surface area contributed by atoms with Gasteiger partial charge in [-0.3, -0.25) is 4.79 Å². The third-order valence-electron chi connectivity index (χ3n) is 4.69. The van der Waals surface area contributed by atoms with Crippen LogP contribution in [-0.4, -0.2) is 35.2 Å². The molecule has 162 valence electrons. The zero-order valence-corrected chi connectivity index (χ0v) is 16.7. The van der Waals surface area contributed by atoms with E-state index in [9.17, 15) is 18.0 Å². The van der Waals surface area contributed by atoms with Crippen molar-refractivity contribution in [1.82, 2.24) is 21.0 Å². The number of benzene rings is 1. The van der Waals surface area contributed by atoms with E-state index in [1.807, 2.05) is 26.0 Å². The summed E-state index contributed by atoms with van der Waals surface area (Å²) >= 11 is 0. The first-order valence-electron chi connectivity index (χ1n) is 9.55. The smallest absolute Gasteiger partial charge is 0.405 e. The minimum Gasteiger partial charge on any atom is -0.405 e. The zero-order chi connectivity index (χ0) is 22.2. The molecule has 3 aliphatic rings. The summed E-state index contributed by atoms with van der Waals surface area (Å²) in [5.74, 6) is -0.758. The summed E-state index contributed by atoms with van der Waals surface area (Å²) in [4.78, 5) is 12.9. The molecule has 0 aliphatic carbocycles. The number of hydrogen-bond donors (Lipinski definition) is 3. The molecule has 1 aromatic carbocycles. The van der Waals surface area contributed by atoms with Gasteiger partial charge in [0.2, 0.25) is 0 Å². The van der Waals surface area contributed by atoms with Gasteiger partial charge >= 0.3 is 6.36 Å². The van der Waals surface area contributed by atoms with Crippen LogP contribution in [0, 0.1) is 0 Å². The number of nitrogens with one attached hydrogen (secondary N) is 3. The van der Waals surface area contributed by atoms with Gasteiger partial charge in [0.25, 0.3) is 5.91 Å². The van der Waals surface area contributed by atoms with Gasteiger partial charge in [0, 0.05) is 29.2 Å². The standard InChI is InChI=1S/C21H20F3N5O2/c1-12-9-14(10-13(2)26-12)27-20(30)17-11-25-19-8-7-16(28-29(17)19)15-5-3-4-6-18(15)31-21(22,23)24/h3-12,19,25-26H,1-2H3,(H,27,30). The lowest BCUT2D eigenvalue weighted by atomic mass is 10.1. The van der Waals surface area contributed by atoms with Gasteiger partial charge in [0.15, 0.2) is 0 Å². The number of carbonyl (C=O) groups is 1. The van der Waals surface area contributed by atoms with Crippen molar-refractivity contribution in [2.24, 2.45) is 5.10 Å². The lowest BCUT2D eigenvalue weighted by molar-refractivity contribution is -0.274. The largest absolute Gasteiger partial charge is 0.573 e. The Morgan fingerprint density at radius 3 is 2.81 bits per heavy atom. The summed E-state index contributed by atoms with van der Waals surface area (Å²) in [6, 6.07) is 5.80. The maximum atomic E-state index is 12.9. The molecular formula is C21H20F3N5O2. The molecule has 3 aliphatic heterocycles. The summed E-state index contributed by atoms with van der Waals surface area (Å²) in [5, 5.41) is 14.9. The molecule has 2 unspecified atom stereocenters. The molecule has 3 heterocycles. The highest BCUT2D eigenvalue weighted by Crippen LogP contribution is 2.29. The van der Waals surface area contributed by atoms with Gasteiger partial charge in [0.1, 0.15) is 17.6 Å². The Hall–Kier alpha value is -3.69. The number of nitrogens with zero attached hydrogens (tertiary/aromatic N) is 2. The van der Waals surface area contributed by atoms with Crippen LogP contribution < -0.4 is 20.7 Å². The van der Waals surface area contributed by atoms with E-state index in [4.69, 9.17) is 0 Å². The van der Waals surface area contributed by atoms with Crippen LogP contribution in [0.3, 0.4) is 0 Å². The fourth-order valence-electron chi connectivity index (χ4n) is 3.51. The average Bonchev–Trinajstić information content (AvgIpc) is 3.09. The van der Waals surface area contributed by atoms with Gasteiger partial charge in [-0.2, -0.15) is 5.10 Å². The molecule has 1 amide bonds. The average molecular weight is 431 g/mol. The summed E-state index contributed by atoms with van der Waals surface area (Å²) in [7, 11) is 0. The Labute approximate surface area is 176 Å². The Bertz CT molecular complexity index is 1060. The fourth-order valence-corrected chi connectivity index (χ4v) is 3.51. The molecule has 0 saturated carbocycles. The number of alkyl halides is 3. The Morgan fingerprint density at radius 2 is 2.06 bits per heavy atom. The zero-order valence-electron chi connectivity index (χ0n) is 16.7. The van der Waals surface area contributed by atoms with Crippen LogP contribution in [0.1, 0.15) is 19.4 Å². The van der Waals surface area contributed by atoms with E-state index >= 15 is 0 Å². The topological polar surface area (TPSA) is 78.0 Å². The number of hydrazone groups is 1. The summed E-state index contributed by atoms with van der Waals surface area (Å²) in [5.41, 5.74) is 2.21. The van der Waals surface area contributed by atoms with Crippen molar-refractivity contribution in [3.63, 3.8) is 0 Å². The molecule has 0 spiro atoms. The highest BCUT2D eigenvalue weighted by atomic mass is 19.4. The summed E-state index contributed by atoms with van der Waals surface area (Å²) in [6.07, 6.45) is 3.26. The fraction of sp³-hybridized carbons (Fsp3) is 0.238. The Kier molecular flexibility index (Phi) is 5.22. The molecule has 2 atom stereocenters. The van der Waals surface area contributed by atoms with E-state index in [-0.39, 0.29) is 28.8 Å². The van der Waals surface area contributed by atoms with Gasteiger partial charge in [-0.15, -0.1) is 13.2 Å². The highest BCUT2D eigenvalue weighted by molar-refractivity contribution is 6.11. The number of amides is 1. The number of carbonyl (C=O) groups excluding carboxylic acids is 1. The third-order valence-corrected chi connectivity index (χ3v) is 4.69. The quantitative estimate of drug-likeness (QED) is 0.684. The van der Waals surface area contributed by atoms with Gasteiger partial charge in [0.05, 0.1) is 5.71 Å². The predicted molar refractivity (Wildman–Crippen MR) is 108 cm³/mol. The van der Waals surface area contributed by atoms with Gasteiger partial charge in [-0.1, -0.05) is 12.1 Å². The molecular weight excluding hydrogens is 411 g/mol. The van der Waals surface area contributed by atoms with Crippen molar-refractivity contribution in [2.45, 2.75) is 32.4 Å². The molecule has 0 radical (unpaired) electrons. The van der Waals surface area contributed by atoms with Gasteiger partial charge < -0.3 is 20.7 Å². The minimum atomic E-state index is -4.83. The van der Waals surface area contributed by atoms with Gasteiger partial charge in [-0.25, -0.2) is 5.01 Å². The number of hydrogen-bond acceptors (Lipinski definition) is 6. The Balaban J connectivity index is 1.57. The van der Waals surface area contributed by atoms with Crippen LogP contribution in [0.2, 0.25) is 0 Å². The van der Waals surface area contributed by atoms with Crippen molar-refractivity contribution in [1.29, 1.82) is 0 Å². The molecule has 0 aromatic heterocycles. The second-order valence-electron chi connectivity index (χ2n) is 7.21. The second kappa shape index (κ2) is 7.86. The molecule has 0 bridgehead atoms. The highest BCUT2D eigenvalue weighted by Gasteiger charge is 2.34. The predicted octanol–water partition coefficient (Wildman–Crippen LogP) is 2.83. The van der Waals surface area contributed by atoms with Crippen molar-refractivity contribution >= 4 is 11.6 Å². The lowest BCUT2D eigenvalue weighted by Gasteiger charge is -2.26. The Morgan fingerprint density at radius 1 is 1.29 bits per heavy atom. The van der Waals surface area contributed by atoms with Crippen LogP contribution in [0.5, 0.6) is 5.75 Å². The number of fused-ring (bicyclic) bond motifs is 1. The maximum absolute atomic E-state index is 12.9. The molecule has 3 N–H and O–H groups in total. The van der Waals surface area contributed by atoms with E-state index in [2.05, 4.69) is 25.8 Å². The minimum absolute atomic E-state index is 0.0661. The van der Waals surface area contributed by atoms with Crippen LogP contribution in [0.15, 0.2) is 77.0 Å². The van der Waals surface area contributed by atoms with Crippen LogP contribution in [0.4, 0.5) is 13.2 Å². The van der Waals surface area contributed by atoms with Crippen molar-refractivity contribution in [3.05, 3.63) is 77.4 Å². The molecule has 31 heavy (non-hydrogen) atoms. The number of rotatable bonds is 4. The van der Waals surface area contributed by atoms with E-state index in [0.29, 0.717) is 5.70 Å². The number of para-hydroxylation sites is 1. The first kappa shape index (κ1) is 20.6. The summed E-state index contributed by atoms with van der Waals surface area (Å²) < 4.78 is 42.4. The van der Waals surface area contributed by atoms with E-state index in [0.717, 1.165) is 5.70 Å². The first-order chi connectivity index (χ1) is 14.7. The molecule has 1 aromatic rings. The second-order valence-corrected chi connectivity index (χ2v) is 7.21. The monoisotopic (exact) mass is 431 g/mol. The van der Waals surface area contributed by atoms with E-state index < -0.39 is 18.4 Å². The van der Waals surface area contributed by atoms with E-state index in [1.54, 1.807) is 18.2 Å². The number of allylic oxidation sites excluding steroid dienone is 3. The van der Waals surface area contributed by atoms with Crippen molar-refractivity contribution in [3.8, 4) is 5.75 Å². The van der Waals surface area contributed by atoms with Crippen molar-refractivity contribution in [2.75, 3.05) is 0 Å². The lowest BCUT2D eigenvalue weighted by Crippen LogP contribution is -2.39. The maximum Gasteiger partial charge on any atom is 0.573 e. The SMILES string of the molecule is CC1=CC(NC(=O)C2=CNC3C=CC(c4ccccc4OC(F)(F)F)=NN23)=CC(C)N1. The molecule has 0 saturated heterocycles. The van der Waals surface area contributed by atoms with Crippen LogP contribution >= 0.6 is 0 Å². The number of dihydropyridines is 1.